The van der Waals surface area contributed by atoms with Crippen LogP contribution in [0.4, 0.5) is 0 Å². The number of amides is 1. The van der Waals surface area contributed by atoms with E-state index < -0.39 is 5.60 Å². The molecule has 0 aromatic heterocycles. The van der Waals surface area contributed by atoms with Gasteiger partial charge in [0, 0.05) is 18.0 Å². The number of hydrogen-bond acceptors (Lipinski definition) is 3. The number of carbonyl (C=O) groups is 1. The summed E-state index contributed by atoms with van der Waals surface area (Å²) in [4.78, 5) is 17.7. The van der Waals surface area contributed by atoms with Crippen molar-refractivity contribution < 1.29 is 14.7 Å². The van der Waals surface area contributed by atoms with Crippen molar-refractivity contribution in [1.82, 2.24) is 5.06 Å². The number of carbonyl (C=O) groups excluding carboxylic acids is 1. The Morgan fingerprint density at radius 1 is 1.23 bits per heavy atom. The minimum absolute atomic E-state index is 0.0503. The lowest BCUT2D eigenvalue weighted by molar-refractivity contribution is -0.0757. The van der Waals surface area contributed by atoms with E-state index in [-0.39, 0.29) is 11.3 Å². The van der Waals surface area contributed by atoms with Crippen LogP contribution in [0.15, 0.2) is 48.5 Å². The van der Waals surface area contributed by atoms with Gasteiger partial charge in [-0.1, -0.05) is 42.3 Å². The van der Waals surface area contributed by atoms with E-state index in [9.17, 15) is 9.90 Å². The molecule has 2 aliphatic rings. The summed E-state index contributed by atoms with van der Waals surface area (Å²) in [5, 5.41) is 12.4. The first-order chi connectivity index (χ1) is 14.9. The second kappa shape index (κ2) is 8.49. The van der Waals surface area contributed by atoms with Crippen molar-refractivity contribution >= 4 is 5.91 Å². The van der Waals surface area contributed by atoms with Crippen LogP contribution in [0, 0.1) is 17.8 Å². The molecule has 3 atom stereocenters. The second-order valence-electron chi connectivity index (χ2n) is 9.02. The third-order valence-electron chi connectivity index (χ3n) is 7.28. The van der Waals surface area contributed by atoms with Crippen molar-refractivity contribution in [1.29, 1.82) is 0 Å². The molecule has 0 radical (unpaired) electrons. The Balaban J connectivity index is 1.77. The number of aryl methyl sites for hydroxylation is 1. The highest BCUT2D eigenvalue weighted by Gasteiger charge is 2.51. The zero-order valence-electron chi connectivity index (χ0n) is 18.6. The maximum atomic E-state index is 12.6. The van der Waals surface area contributed by atoms with Crippen molar-refractivity contribution in [3.05, 3.63) is 70.8 Å². The highest BCUT2D eigenvalue weighted by molar-refractivity contribution is 5.93. The third kappa shape index (κ3) is 4.01. The third-order valence-corrected chi connectivity index (χ3v) is 7.28. The lowest BCUT2D eigenvalue weighted by atomic mass is 9.52. The predicted molar refractivity (Wildman–Crippen MR) is 121 cm³/mol. The molecule has 0 unspecified atom stereocenters. The molecule has 0 heterocycles. The molecule has 4 heteroatoms. The molecule has 0 spiro atoms. The van der Waals surface area contributed by atoms with Gasteiger partial charge >= 0.3 is 0 Å². The Morgan fingerprint density at radius 2 is 2.00 bits per heavy atom. The normalized spacial score (nSPS) is 26.8. The molecule has 1 amide bonds. The summed E-state index contributed by atoms with van der Waals surface area (Å²) >= 11 is 0. The number of hydrogen-bond donors (Lipinski definition) is 1. The van der Waals surface area contributed by atoms with Crippen LogP contribution in [0.1, 0.15) is 59.7 Å². The van der Waals surface area contributed by atoms with E-state index in [4.69, 9.17) is 4.84 Å². The number of rotatable bonds is 4. The Morgan fingerprint density at radius 3 is 2.71 bits per heavy atom. The van der Waals surface area contributed by atoms with Crippen LogP contribution < -0.4 is 0 Å². The first kappa shape index (κ1) is 21.6. The van der Waals surface area contributed by atoms with Gasteiger partial charge in [-0.2, -0.15) is 0 Å². The zero-order valence-corrected chi connectivity index (χ0v) is 18.6. The van der Waals surface area contributed by atoms with Crippen LogP contribution in [0.5, 0.6) is 0 Å². The van der Waals surface area contributed by atoms with Gasteiger partial charge in [0.25, 0.3) is 5.91 Å². The second-order valence-corrected chi connectivity index (χ2v) is 9.02. The summed E-state index contributed by atoms with van der Waals surface area (Å²) < 4.78 is 0. The molecule has 1 saturated carbocycles. The van der Waals surface area contributed by atoms with Crippen molar-refractivity contribution in [2.45, 2.75) is 56.5 Å². The number of hydroxylamine groups is 2. The minimum Gasteiger partial charge on any atom is -0.378 e. The van der Waals surface area contributed by atoms with Crippen LogP contribution in [-0.4, -0.2) is 35.8 Å². The largest absolute Gasteiger partial charge is 0.378 e. The predicted octanol–water partition coefficient (Wildman–Crippen LogP) is 4.30. The Labute approximate surface area is 185 Å². The number of aliphatic hydroxyl groups is 1. The first-order valence-electron chi connectivity index (χ1n) is 11.1. The van der Waals surface area contributed by atoms with Crippen molar-refractivity contribution in [2.24, 2.45) is 5.92 Å². The molecule has 1 N–H and O–H groups in total. The molecule has 162 valence electrons. The van der Waals surface area contributed by atoms with Gasteiger partial charge in [-0.25, -0.2) is 5.06 Å². The van der Waals surface area contributed by atoms with Crippen molar-refractivity contribution in [3.8, 4) is 11.8 Å². The van der Waals surface area contributed by atoms with E-state index in [1.807, 2.05) is 18.2 Å². The SMILES string of the molecule is CC#C[C@@]1(O)CC[C@@]2(Cc3ccccc3)c3ccc(C(=O)N(C)OC)cc3CC[C@@H]2C1. The van der Waals surface area contributed by atoms with Gasteiger partial charge in [-0.3, -0.25) is 9.63 Å². The molecular weight excluding hydrogens is 386 g/mol. The molecule has 0 bridgehead atoms. The van der Waals surface area contributed by atoms with Gasteiger partial charge < -0.3 is 5.11 Å². The smallest absolute Gasteiger partial charge is 0.277 e. The molecule has 2 aliphatic carbocycles. The van der Waals surface area contributed by atoms with E-state index in [1.54, 1.807) is 14.0 Å². The van der Waals surface area contributed by atoms with Crippen molar-refractivity contribution in [2.75, 3.05) is 14.2 Å². The maximum Gasteiger partial charge on any atom is 0.277 e. The molecule has 31 heavy (non-hydrogen) atoms. The molecule has 0 saturated heterocycles. The highest BCUT2D eigenvalue weighted by atomic mass is 16.7. The first-order valence-corrected chi connectivity index (χ1v) is 11.1. The van der Waals surface area contributed by atoms with Gasteiger partial charge in [-0.15, -0.1) is 5.92 Å². The number of benzene rings is 2. The molecular formula is C27H31NO3. The molecule has 2 aromatic carbocycles. The Hall–Kier alpha value is -2.61. The van der Waals surface area contributed by atoms with Gasteiger partial charge in [0.2, 0.25) is 0 Å². The fourth-order valence-corrected chi connectivity index (χ4v) is 5.72. The quantitative estimate of drug-likeness (QED) is 0.596. The monoisotopic (exact) mass is 417 g/mol. The van der Waals surface area contributed by atoms with E-state index in [0.717, 1.165) is 25.7 Å². The summed E-state index contributed by atoms with van der Waals surface area (Å²) in [5.74, 6) is 6.23. The number of fused-ring (bicyclic) bond motifs is 3. The summed E-state index contributed by atoms with van der Waals surface area (Å²) in [7, 11) is 3.13. The van der Waals surface area contributed by atoms with Gasteiger partial charge in [-0.05, 0) is 80.2 Å². The molecule has 4 nitrogen and oxygen atoms in total. The van der Waals surface area contributed by atoms with E-state index >= 15 is 0 Å². The minimum atomic E-state index is -0.895. The molecule has 0 aliphatic heterocycles. The van der Waals surface area contributed by atoms with Gasteiger partial charge in [0.05, 0.1) is 7.11 Å². The van der Waals surface area contributed by atoms with Crippen LogP contribution in [0.25, 0.3) is 0 Å². The zero-order chi connectivity index (χ0) is 22.1. The molecule has 1 fully saturated rings. The van der Waals surface area contributed by atoms with Gasteiger partial charge in [0.1, 0.15) is 5.60 Å². The number of nitrogens with zero attached hydrogens (tertiary/aromatic N) is 1. The van der Waals surface area contributed by atoms with E-state index in [0.29, 0.717) is 24.3 Å². The highest BCUT2D eigenvalue weighted by Crippen LogP contribution is 2.54. The molecule has 2 aromatic rings. The standard InChI is InChI=1S/C27H31NO3/c1-4-14-26(30)15-16-27(18-20-8-6-5-7-9-20)23(19-26)12-10-21-17-22(11-13-24(21)27)25(29)28(2)31-3/h5-9,11,13,17,23,30H,10,12,15-16,18-19H2,1-3H3/t23-,26-,27+/m1/s1. The average molecular weight is 418 g/mol. The lowest BCUT2D eigenvalue weighted by Crippen LogP contribution is -2.51. The fourth-order valence-electron chi connectivity index (χ4n) is 5.72. The lowest BCUT2D eigenvalue weighted by Gasteiger charge is -2.52. The maximum absolute atomic E-state index is 12.6. The average Bonchev–Trinajstić information content (AvgIpc) is 2.79. The van der Waals surface area contributed by atoms with Gasteiger partial charge in [0.15, 0.2) is 0 Å². The van der Waals surface area contributed by atoms with Crippen LogP contribution in [-0.2, 0) is 23.1 Å². The Kier molecular flexibility index (Phi) is 5.92. The summed E-state index contributed by atoms with van der Waals surface area (Å²) in [6.07, 6.45) is 5.09. The summed E-state index contributed by atoms with van der Waals surface area (Å²) in [5.41, 5.74) is 3.59. The van der Waals surface area contributed by atoms with Crippen LogP contribution >= 0.6 is 0 Å². The van der Waals surface area contributed by atoms with E-state index in [2.05, 4.69) is 42.2 Å². The fraction of sp³-hybridized carbons (Fsp3) is 0.444. The van der Waals surface area contributed by atoms with E-state index in [1.165, 1.54) is 28.9 Å². The topological polar surface area (TPSA) is 49.8 Å². The van der Waals surface area contributed by atoms with Crippen LogP contribution in [0.3, 0.4) is 0 Å². The van der Waals surface area contributed by atoms with Crippen molar-refractivity contribution in [3.63, 3.8) is 0 Å². The summed E-state index contributed by atoms with van der Waals surface area (Å²) in [6.45, 7) is 1.80. The van der Waals surface area contributed by atoms with Crippen LogP contribution in [0.2, 0.25) is 0 Å². The summed E-state index contributed by atoms with van der Waals surface area (Å²) in [6, 6.07) is 16.7. The molecule has 4 rings (SSSR count). The Bertz CT molecular complexity index is 1020.